The molecule has 0 radical (unpaired) electrons. The number of thiophene rings is 1. The van der Waals surface area contributed by atoms with E-state index in [0.717, 1.165) is 5.56 Å². The van der Waals surface area contributed by atoms with Crippen molar-refractivity contribution in [2.24, 2.45) is 0 Å². The maximum atomic E-state index is 10.4. The zero-order valence-corrected chi connectivity index (χ0v) is 11.4. The van der Waals surface area contributed by atoms with E-state index < -0.39 is 5.97 Å². The highest BCUT2D eigenvalue weighted by Crippen LogP contribution is 2.18. The number of hydrogen-bond donors (Lipinski definition) is 1. The van der Waals surface area contributed by atoms with Gasteiger partial charge in [0.15, 0.2) is 0 Å². The van der Waals surface area contributed by atoms with Crippen LogP contribution in [0.5, 0.6) is 0 Å². The highest BCUT2D eigenvalue weighted by atomic mass is 32.1. The molecule has 0 unspecified atom stereocenters. The Labute approximate surface area is 114 Å². The number of carboxylic acid groups (broad SMARTS) is 1. The number of hydrogen-bond acceptors (Lipinski definition) is 6. The number of rotatable bonds is 7. The van der Waals surface area contributed by atoms with E-state index in [1.807, 2.05) is 28.8 Å². The van der Waals surface area contributed by atoms with E-state index in [1.54, 1.807) is 11.3 Å². The van der Waals surface area contributed by atoms with E-state index in [4.69, 9.17) is 9.63 Å². The molecule has 0 spiro atoms. The van der Waals surface area contributed by atoms with Crippen molar-refractivity contribution in [3.63, 3.8) is 0 Å². The van der Waals surface area contributed by atoms with Crippen LogP contribution in [-0.2, 0) is 11.3 Å². The van der Waals surface area contributed by atoms with Gasteiger partial charge >= 0.3 is 5.97 Å². The van der Waals surface area contributed by atoms with Crippen LogP contribution in [-0.4, -0.2) is 39.7 Å². The minimum atomic E-state index is -0.772. The summed E-state index contributed by atoms with van der Waals surface area (Å²) < 4.78 is 5.17. The average molecular weight is 281 g/mol. The van der Waals surface area contributed by atoms with Crippen LogP contribution in [0.3, 0.4) is 0 Å². The number of carbonyl (C=O) groups is 1. The van der Waals surface area contributed by atoms with Gasteiger partial charge < -0.3 is 9.63 Å². The van der Waals surface area contributed by atoms with Crippen LogP contribution in [0.25, 0.3) is 11.4 Å². The highest BCUT2D eigenvalue weighted by molar-refractivity contribution is 7.08. The van der Waals surface area contributed by atoms with Gasteiger partial charge in [-0.05, 0) is 31.5 Å². The molecule has 0 fully saturated rings. The Balaban J connectivity index is 1.84. The van der Waals surface area contributed by atoms with E-state index >= 15 is 0 Å². The van der Waals surface area contributed by atoms with Crippen molar-refractivity contribution in [1.82, 2.24) is 15.0 Å². The molecular weight excluding hydrogens is 266 g/mol. The van der Waals surface area contributed by atoms with Crippen molar-refractivity contribution >= 4 is 17.3 Å². The van der Waals surface area contributed by atoms with Gasteiger partial charge in [-0.2, -0.15) is 16.3 Å². The fourth-order valence-electron chi connectivity index (χ4n) is 1.64. The lowest BCUT2D eigenvalue weighted by molar-refractivity contribution is -0.137. The van der Waals surface area contributed by atoms with Crippen LogP contribution >= 0.6 is 11.3 Å². The Morgan fingerprint density at radius 2 is 2.42 bits per heavy atom. The predicted octanol–water partition coefficient (Wildman–Crippen LogP) is 2.09. The quantitative estimate of drug-likeness (QED) is 0.837. The minimum absolute atomic E-state index is 0.175. The second-order valence-electron chi connectivity index (χ2n) is 4.26. The fraction of sp³-hybridized carbons (Fsp3) is 0.417. The molecule has 102 valence electrons. The van der Waals surface area contributed by atoms with Crippen LogP contribution in [0.1, 0.15) is 18.7 Å². The normalized spacial score (nSPS) is 11.1. The summed E-state index contributed by atoms with van der Waals surface area (Å²) in [5.74, 6) is 0.361. The van der Waals surface area contributed by atoms with E-state index in [2.05, 4.69) is 10.1 Å². The molecule has 2 aromatic rings. The monoisotopic (exact) mass is 281 g/mol. The molecule has 0 saturated heterocycles. The van der Waals surface area contributed by atoms with Crippen molar-refractivity contribution in [3.8, 4) is 11.4 Å². The molecule has 0 aliphatic carbocycles. The Morgan fingerprint density at radius 1 is 1.58 bits per heavy atom. The first-order chi connectivity index (χ1) is 9.15. The molecule has 0 bridgehead atoms. The summed E-state index contributed by atoms with van der Waals surface area (Å²) in [5.41, 5.74) is 0.952. The van der Waals surface area contributed by atoms with Crippen LogP contribution in [0.2, 0.25) is 0 Å². The Kier molecular flexibility index (Phi) is 4.64. The summed E-state index contributed by atoms with van der Waals surface area (Å²) in [4.78, 5) is 16.7. The third-order valence-electron chi connectivity index (χ3n) is 2.58. The Morgan fingerprint density at radius 3 is 3.11 bits per heavy atom. The average Bonchev–Trinajstić information content (AvgIpc) is 2.97. The summed E-state index contributed by atoms with van der Waals surface area (Å²) in [7, 11) is 1.90. The first-order valence-corrected chi connectivity index (χ1v) is 6.85. The van der Waals surface area contributed by atoms with Crippen molar-refractivity contribution < 1.29 is 14.4 Å². The van der Waals surface area contributed by atoms with Crippen LogP contribution in [0.4, 0.5) is 0 Å². The van der Waals surface area contributed by atoms with Crippen molar-refractivity contribution in [1.29, 1.82) is 0 Å². The van der Waals surface area contributed by atoms with Crippen LogP contribution in [0, 0.1) is 0 Å². The van der Waals surface area contributed by atoms with Crippen LogP contribution < -0.4 is 0 Å². The molecule has 0 aliphatic rings. The maximum Gasteiger partial charge on any atom is 0.303 e. The van der Waals surface area contributed by atoms with Gasteiger partial charge in [-0.3, -0.25) is 9.69 Å². The Bertz CT molecular complexity index is 524. The summed E-state index contributed by atoms with van der Waals surface area (Å²) in [5, 5.41) is 16.4. The predicted molar refractivity (Wildman–Crippen MR) is 70.8 cm³/mol. The van der Waals surface area contributed by atoms with Gasteiger partial charge in [0.1, 0.15) is 0 Å². The smallest absolute Gasteiger partial charge is 0.303 e. The zero-order valence-electron chi connectivity index (χ0n) is 10.6. The maximum absolute atomic E-state index is 10.4. The molecule has 19 heavy (non-hydrogen) atoms. The number of carboxylic acids is 1. The molecule has 7 heteroatoms. The van der Waals surface area contributed by atoms with E-state index in [9.17, 15) is 4.79 Å². The van der Waals surface area contributed by atoms with Crippen molar-refractivity contribution in [2.45, 2.75) is 19.4 Å². The minimum Gasteiger partial charge on any atom is -0.481 e. The molecule has 0 amide bonds. The molecule has 0 aliphatic heterocycles. The third kappa shape index (κ3) is 4.15. The molecular formula is C12H15N3O3S. The summed E-state index contributed by atoms with van der Waals surface area (Å²) in [6.45, 7) is 1.21. The lowest BCUT2D eigenvalue weighted by Gasteiger charge is -2.12. The zero-order chi connectivity index (χ0) is 13.7. The number of aliphatic carboxylic acids is 1. The fourth-order valence-corrected chi connectivity index (χ4v) is 2.27. The van der Waals surface area contributed by atoms with Crippen molar-refractivity contribution in [2.75, 3.05) is 13.6 Å². The molecule has 6 nitrogen and oxygen atoms in total. The van der Waals surface area contributed by atoms with Gasteiger partial charge in [-0.1, -0.05) is 5.16 Å². The van der Waals surface area contributed by atoms with Crippen molar-refractivity contribution in [3.05, 3.63) is 22.7 Å². The van der Waals surface area contributed by atoms with Gasteiger partial charge in [0.05, 0.1) is 6.54 Å². The first kappa shape index (κ1) is 13.7. The molecule has 0 aromatic carbocycles. The van der Waals surface area contributed by atoms with Crippen LogP contribution in [0.15, 0.2) is 21.3 Å². The van der Waals surface area contributed by atoms with E-state index in [1.165, 1.54) is 0 Å². The van der Waals surface area contributed by atoms with Gasteiger partial charge in [-0.15, -0.1) is 0 Å². The van der Waals surface area contributed by atoms with E-state index in [0.29, 0.717) is 31.2 Å². The number of nitrogens with zero attached hydrogens (tertiary/aromatic N) is 3. The Hall–Kier alpha value is -1.73. The molecule has 2 aromatic heterocycles. The lowest BCUT2D eigenvalue weighted by atomic mass is 10.3. The molecule has 1 N–H and O–H groups in total. The van der Waals surface area contributed by atoms with E-state index in [-0.39, 0.29) is 6.42 Å². The summed E-state index contributed by atoms with van der Waals surface area (Å²) in [6, 6.07) is 1.94. The third-order valence-corrected chi connectivity index (χ3v) is 3.27. The second kappa shape index (κ2) is 6.44. The van der Waals surface area contributed by atoms with Gasteiger partial charge in [0.25, 0.3) is 0 Å². The SMILES string of the molecule is CN(CCCC(=O)O)Cc1nc(-c2ccsc2)no1. The summed E-state index contributed by atoms with van der Waals surface area (Å²) in [6.07, 6.45) is 0.783. The van der Waals surface area contributed by atoms with Gasteiger partial charge in [-0.25, -0.2) is 0 Å². The number of aromatic nitrogens is 2. The topological polar surface area (TPSA) is 79.5 Å². The second-order valence-corrected chi connectivity index (χ2v) is 5.04. The molecule has 0 saturated carbocycles. The molecule has 2 rings (SSSR count). The lowest BCUT2D eigenvalue weighted by Crippen LogP contribution is -2.20. The molecule has 2 heterocycles. The summed E-state index contributed by atoms with van der Waals surface area (Å²) >= 11 is 1.58. The first-order valence-electron chi connectivity index (χ1n) is 5.90. The largest absolute Gasteiger partial charge is 0.481 e. The highest BCUT2D eigenvalue weighted by Gasteiger charge is 2.11. The molecule has 0 atom stereocenters. The standard InChI is InChI=1S/C12H15N3O3S/c1-15(5-2-3-11(16)17)7-10-13-12(14-18-10)9-4-6-19-8-9/h4,6,8H,2-3,5,7H2,1H3,(H,16,17). The van der Waals surface area contributed by atoms with Gasteiger partial charge in [0.2, 0.25) is 11.7 Å². The van der Waals surface area contributed by atoms with Gasteiger partial charge in [0, 0.05) is 17.4 Å².